The number of halogens is 2. The lowest BCUT2D eigenvalue weighted by Gasteiger charge is -2.49. The lowest BCUT2D eigenvalue weighted by molar-refractivity contribution is 0.0557. The Morgan fingerprint density at radius 2 is 1.84 bits per heavy atom. The summed E-state index contributed by atoms with van der Waals surface area (Å²) >= 11 is 1.35. The Bertz CT molecular complexity index is 1680. The van der Waals surface area contributed by atoms with Gasteiger partial charge in [-0.05, 0) is 42.0 Å². The summed E-state index contributed by atoms with van der Waals surface area (Å²) in [5.41, 5.74) is 3.43. The van der Waals surface area contributed by atoms with Crippen molar-refractivity contribution in [3.8, 4) is 27.4 Å². The highest BCUT2D eigenvalue weighted by Crippen LogP contribution is 2.50. The second-order valence-corrected chi connectivity index (χ2v) is 10.6. The van der Waals surface area contributed by atoms with E-state index in [2.05, 4.69) is 4.98 Å². The highest BCUT2D eigenvalue weighted by atomic mass is 32.1. The molecule has 7 nitrogen and oxygen atoms in total. The van der Waals surface area contributed by atoms with E-state index in [0.717, 1.165) is 41.3 Å². The monoisotopic (exact) mass is 532 g/mol. The zero-order valence-corrected chi connectivity index (χ0v) is 20.9. The van der Waals surface area contributed by atoms with Crippen molar-refractivity contribution in [3.05, 3.63) is 92.9 Å². The minimum Gasteiger partial charge on any atom is -0.502 e. The van der Waals surface area contributed by atoms with Crippen molar-refractivity contribution in [2.75, 3.05) is 11.6 Å². The molecule has 2 atom stereocenters. The van der Waals surface area contributed by atoms with Crippen LogP contribution in [0.15, 0.2) is 59.0 Å². The summed E-state index contributed by atoms with van der Waals surface area (Å²) in [5.74, 6) is -3.00. The number of aromatic hydroxyl groups is 1. The number of carbonyl (C=O) groups excluding carboxylic acids is 1. The number of carbonyl (C=O) groups is 1. The van der Waals surface area contributed by atoms with Crippen molar-refractivity contribution < 1.29 is 18.7 Å². The maximum Gasteiger partial charge on any atom is 0.278 e. The van der Waals surface area contributed by atoms with E-state index >= 15 is 4.39 Å². The third kappa shape index (κ3) is 3.13. The highest BCUT2D eigenvalue weighted by molar-refractivity contribution is 7.13. The molecular formula is C28H22F2N4O3S. The van der Waals surface area contributed by atoms with E-state index in [-0.39, 0.29) is 11.3 Å². The molecule has 1 amide bonds. The van der Waals surface area contributed by atoms with Crippen LogP contribution in [0.3, 0.4) is 0 Å². The van der Waals surface area contributed by atoms with Gasteiger partial charge in [0.25, 0.3) is 5.91 Å². The smallest absolute Gasteiger partial charge is 0.278 e. The van der Waals surface area contributed by atoms with Crippen molar-refractivity contribution in [2.45, 2.75) is 37.9 Å². The van der Waals surface area contributed by atoms with Gasteiger partial charge in [0, 0.05) is 24.4 Å². The van der Waals surface area contributed by atoms with Gasteiger partial charge < -0.3 is 10.0 Å². The first-order valence-electron chi connectivity index (χ1n) is 12.5. The van der Waals surface area contributed by atoms with Gasteiger partial charge in [-0.1, -0.05) is 36.8 Å². The molecule has 4 aromatic rings. The van der Waals surface area contributed by atoms with E-state index in [1.165, 1.54) is 28.3 Å². The Labute approximate surface area is 220 Å². The fourth-order valence-corrected chi connectivity index (χ4v) is 6.97. The average molecular weight is 533 g/mol. The number of benzene rings is 2. The van der Waals surface area contributed by atoms with E-state index in [0.29, 0.717) is 24.2 Å². The molecule has 10 heteroatoms. The Morgan fingerprint density at radius 3 is 2.71 bits per heavy atom. The van der Waals surface area contributed by atoms with Gasteiger partial charge >= 0.3 is 0 Å². The van der Waals surface area contributed by atoms with Gasteiger partial charge in [0.15, 0.2) is 23.1 Å². The Kier molecular flexibility index (Phi) is 5.16. The van der Waals surface area contributed by atoms with Crippen molar-refractivity contribution in [1.29, 1.82) is 0 Å². The number of nitrogens with zero attached hydrogens (tertiary/aromatic N) is 4. The molecule has 1 N–H and O–H groups in total. The summed E-state index contributed by atoms with van der Waals surface area (Å²) in [5, 5.41) is 12.7. The molecule has 2 unspecified atom stereocenters. The summed E-state index contributed by atoms with van der Waals surface area (Å²) in [7, 11) is 0. The average Bonchev–Trinajstić information content (AvgIpc) is 3.21. The number of hydrogen-bond acceptors (Lipinski definition) is 6. The highest BCUT2D eigenvalue weighted by Gasteiger charge is 2.45. The molecule has 0 saturated carbocycles. The minimum atomic E-state index is -0.985. The first-order valence-corrected chi connectivity index (χ1v) is 13.4. The summed E-state index contributed by atoms with van der Waals surface area (Å²) in [6.07, 6.45) is 4.25. The molecule has 3 aliphatic rings. The van der Waals surface area contributed by atoms with Crippen LogP contribution in [0.1, 0.15) is 53.3 Å². The first kappa shape index (κ1) is 23.1. The number of pyridine rings is 1. The summed E-state index contributed by atoms with van der Waals surface area (Å²) in [6.45, 7) is 0.455. The maximum absolute atomic E-state index is 15.7. The van der Waals surface area contributed by atoms with E-state index in [9.17, 15) is 19.1 Å². The fourth-order valence-electron chi connectivity index (χ4n) is 6.13. The molecule has 1 aliphatic carbocycles. The molecule has 2 aromatic carbocycles. The number of amides is 1. The SMILES string of the molecule is O=C1c2c(O)c(=O)ccn2N(C2c3ccccc3-c3scnc3-c3c2ccc(F)c3F)C2CCCCCN12. The summed E-state index contributed by atoms with van der Waals surface area (Å²) < 4.78 is 31.9. The predicted octanol–water partition coefficient (Wildman–Crippen LogP) is 5.02. The molecule has 192 valence electrons. The molecule has 1 saturated heterocycles. The number of fused-ring (bicyclic) bond motifs is 7. The largest absolute Gasteiger partial charge is 0.502 e. The molecule has 1 fully saturated rings. The van der Waals surface area contributed by atoms with Crippen LogP contribution in [0.4, 0.5) is 8.78 Å². The van der Waals surface area contributed by atoms with Gasteiger partial charge in [-0.2, -0.15) is 0 Å². The van der Waals surface area contributed by atoms with Crippen LogP contribution in [0.5, 0.6) is 5.75 Å². The molecule has 0 bridgehead atoms. The van der Waals surface area contributed by atoms with Crippen LogP contribution in [0.25, 0.3) is 21.7 Å². The molecule has 2 aromatic heterocycles. The molecule has 0 radical (unpaired) electrons. The van der Waals surface area contributed by atoms with Gasteiger partial charge in [-0.25, -0.2) is 13.8 Å². The quantitative estimate of drug-likeness (QED) is 0.373. The Morgan fingerprint density at radius 1 is 1.00 bits per heavy atom. The van der Waals surface area contributed by atoms with Gasteiger partial charge in [0.05, 0.1) is 22.1 Å². The van der Waals surface area contributed by atoms with Crippen LogP contribution in [-0.2, 0) is 0 Å². The second kappa shape index (κ2) is 8.49. The lowest BCUT2D eigenvalue weighted by atomic mass is 9.92. The van der Waals surface area contributed by atoms with Gasteiger partial charge in [-0.3, -0.25) is 19.3 Å². The van der Waals surface area contributed by atoms with Crippen LogP contribution < -0.4 is 10.4 Å². The van der Waals surface area contributed by atoms with Crippen LogP contribution in [0.2, 0.25) is 0 Å². The van der Waals surface area contributed by atoms with Crippen molar-refractivity contribution in [2.24, 2.45) is 0 Å². The second-order valence-electron chi connectivity index (χ2n) is 9.78. The molecule has 4 heterocycles. The van der Waals surface area contributed by atoms with E-state index in [1.807, 2.05) is 29.3 Å². The predicted molar refractivity (Wildman–Crippen MR) is 139 cm³/mol. The zero-order chi connectivity index (χ0) is 26.1. The number of hydrogen-bond donors (Lipinski definition) is 1. The van der Waals surface area contributed by atoms with E-state index in [4.69, 9.17) is 0 Å². The van der Waals surface area contributed by atoms with Crippen molar-refractivity contribution >= 4 is 17.2 Å². The fraction of sp³-hybridized carbons (Fsp3) is 0.250. The Balaban J connectivity index is 1.59. The van der Waals surface area contributed by atoms with Crippen LogP contribution in [0, 0.1) is 11.6 Å². The van der Waals surface area contributed by atoms with E-state index in [1.54, 1.807) is 16.5 Å². The number of rotatable bonds is 1. The standard InChI is InChI=1S/C28H22F2N4O3S/c29-18-10-9-17-21(22(18)30)23-27(38-14-31-23)16-7-4-3-6-15(16)24(17)34-20-8-2-1-5-12-32(20)28(37)25-26(36)19(35)11-13-33(25)34/h3-4,6-7,9-11,13-14,20,24,36H,1-2,5,8,12H2. The third-order valence-corrected chi connectivity index (χ3v) is 8.64. The maximum atomic E-state index is 15.7. The molecular weight excluding hydrogens is 510 g/mol. The van der Waals surface area contributed by atoms with Crippen molar-refractivity contribution in [1.82, 2.24) is 14.6 Å². The molecule has 7 rings (SSSR count). The van der Waals surface area contributed by atoms with Crippen LogP contribution >= 0.6 is 11.3 Å². The molecule has 0 spiro atoms. The summed E-state index contributed by atoms with van der Waals surface area (Å²) in [6, 6.07) is 10.9. The molecule has 2 aliphatic heterocycles. The first-order chi connectivity index (χ1) is 18.5. The van der Waals surface area contributed by atoms with Gasteiger partial charge in [-0.15, -0.1) is 11.3 Å². The third-order valence-electron chi connectivity index (χ3n) is 7.78. The minimum absolute atomic E-state index is 0.0753. The van der Waals surface area contributed by atoms with Gasteiger partial charge in [0.2, 0.25) is 5.43 Å². The van der Waals surface area contributed by atoms with Crippen molar-refractivity contribution in [3.63, 3.8) is 0 Å². The zero-order valence-electron chi connectivity index (χ0n) is 20.1. The normalized spacial score (nSPS) is 20.0. The topological polar surface area (TPSA) is 78.7 Å². The Hall–Kier alpha value is -4.05. The van der Waals surface area contributed by atoms with E-state index < -0.39 is 40.9 Å². The summed E-state index contributed by atoms with van der Waals surface area (Å²) in [4.78, 5) is 33.0. The number of aromatic nitrogens is 2. The van der Waals surface area contributed by atoms with Gasteiger partial charge in [0.1, 0.15) is 6.17 Å². The lowest BCUT2D eigenvalue weighted by Crippen LogP contribution is -2.62. The molecule has 38 heavy (non-hydrogen) atoms. The number of thiazole rings is 1. The van der Waals surface area contributed by atoms with Crippen LogP contribution in [-0.4, -0.2) is 38.3 Å².